The Balaban J connectivity index is 1.49. The Morgan fingerprint density at radius 1 is 0.767 bits per heavy atom. The van der Waals surface area contributed by atoms with Crippen molar-refractivity contribution in [3.8, 4) is 11.1 Å². The first-order valence-corrected chi connectivity index (χ1v) is 11.4. The van der Waals surface area contributed by atoms with E-state index in [0.717, 1.165) is 43.2 Å². The molecule has 162 valence electrons. The highest BCUT2D eigenvalue weighted by atomic mass is 19.2. The Bertz CT molecular complexity index is 868. The summed E-state index contributed by atoms with van der Waals surface area (Å²) in [6.07, 6.45) is 10.8. The van der Waals surface area contributed by atoms with E-state index in [1.54, 1.807) is 0 Å². The van der Waals surface area contributed by atoms with Crippen LogP contribution in [0, 0.1) is 41.0 Å². The lowest BCUT2D eigenvalue weighted by Crippen LogP contribution is -2.30. The number of benzene rings is 2. The normalized spacial score (nSPS) is 26.4. The summed E-state index contributed by atoms with van der Waals surface area (Å²) in [5.41, 5.74) is 0.426. The van der Waals surface area contributed by atoms with Gasteiger partial charge in [0.25, 0.3) is 0 Å². The molecule has 0 saturated heterocycles. The maximum Gasteiger partial charge on any atom is 0.159 e. The van der Waals surface area contributed by atoms with Gasteiger partial charge in [0.1, 0.15) is 11.6 Å². The van der Waals surface area contributed by atoms with Crippen molar-refractivity contribution in [1.82, 2.24) is 0 Å². The summed E-state index contributed by atoms with van der Waals surface area (Å²) >= 11 is 0. The van der Waals surface area contributed by atoms with Crippen molar-refractivity contribution < 1.29 is 17.6 Å². The van der Waals surface area contributed by atoms with Crippen LogP contribution in [0.15, 0.2) is 30.3 Å². The van der Waals surface area contributed by atoms with Gasteiger partial charge in [0.05, 0.1) is 5.56 Å². The summed E-state index contributed by atoms with van der Waals surface area (Å²) in [5, 5.41) is 0. The predicted molar refractivity (Wildman–Crippen MR) is 112 cm³/mol. The van der Waals surface area contributed by atoms with Crippen LogP contribution in [0.5, 0.6) is 0 Å². The molecule has 0 nitrogen and oxygen atoms in total. The van der Waals surface area contributed by atoms with E-state index in [1.807, 2.05) is 0 Å². The van der Waals surface area contributed by atoms with Crippen LogP contribution in [0.4, 0.5) is 17.6 Å². The summed E-state index contributed by atoms with van der Waals surface area (Å²) in [5.74, 6) is -1.12. The lowest BCUT2D eigenvalue weighted by molar-refractivity contribution is 0.113. The quantitative estimate of drug-likeness (QED) is 0.428. The van der Waals surface area contributed by atoms with Crippen molar-refractivity contribution in [1.29, 1.82) is 0 Å². The van der Waals surface area contributed by atoms with Crippen molar-refractivity contribution in [3.63, 3.8) is 0 Å². The average Bonchev–Trinajstić information content (AvgIpc) is 2.73. The van der Waals surface area contributed by atoms with Gasteiger partial charge in [-0.2, -0.15) is 0 Å². The fraction of sp³-hybridized carbons (Fsp3) is 0.538. The van der Waals surface area contributed by atoms with Crippen molar-refractivity contribution in [3.05, 3.63) is 59.2 Å². The van der Waals surface area contributed by atoms with E-state index >= 15 is 0 Å². The summed E-state index contributed by atoms with van der Waals surface area (Å²) in [7, 11) is 0. The van der Waals surface area contributed by atoms with Crippen LogP contribution in [-0.2, 0) is 0 Å². The standard InChI is InChI=1S/C26H30F4/c1-2-3-4-16-5-6-18-12-19(8-7-17(18)11-16)21-14-24(29)26(25(30)15-21)20-9-10-22(27)23(28)13-20/h9-10,13-19H,2-8,11-12H2,1H3/t16?,17-,18-,19-/m1/s1. The van der Waals surface area contributed by atoms with Crippen LogP contribution in [0.1, 0.15) is 76.2 Å². The molecule has 1 unspecified atom stereocenters. The molecule has 0 aliphatic heterocycles. The number of hydrogen-bond acceptors (Lipinski definition) is 0. The fourth-order valence-electron chi connectivity index (χ4n) is 5.80. The SMILES string of the molecule is CCCCC1CC[C@@H]2C[C@H](c3cc(F)c(-c4ccc(F)c(F)c4)c(F)c3)CC[C@@H]2C1. The molecule has 2 aromatic carbocycles. The maximum absolute atomic E-state index is 14.8. The molecule has 4 atom stereocenters. The van der Waals surface area contributed by atoms with E-state index in [9.17, 15) is 17.6 Å². The summed E-state index contributed by atoms with van der Waals surface area (Å²) < 4.78 is 56.4. The van der Waals surface area contributed by atoms with Crippen LogP contribution in [0.2, 0.25) is 0 Å². The zero-order valence-corrected chi connectivity index (χ0v) is 17.6. The Hall–Kier alpha value is -1.84. The molecule has 0 spiro atoms. The summed E-state index contributed by atoms with van der Waals surface area (Å²) in [6, 6.07) is 5.76. The number of halogens is 4. The minimum absolute atomic E-state index is 0.0181. The van der Waals surface area contributed by atoms with Crippen molar-refractivity contribution >= 4 is 0 Å². The Morgan fingerprint density at radius 3 is 2.17 bits per heavy atom. The Labute approximate surface area is 176 Å². The first-order valence-electron chi connectivity index (χ1n) is 11.4. The lowest BCUT2D eigenvalue weighted by atomic mass is 9.63. The zero-order chi connectivity index (χ0) is 21.3. The minimum Gasteiger partial charge on any atom is -0.206 e. The Kier molecular flexibility index (Phi) is 6.50. The topological polar surface area (TPSA) is 0 Å². The molecular formula is C26H30F4. The van der Waals surface area contributed by atoms with Crippen molar-refractivity contribution in [2.24, 2.45) is 17.8 Å². The molecule has 4 rings (SSSR count). The third-order valence-electron chi connectivity index (χ3n) is 7.43. The first-order chi connectivity index (χ1) is 14.5. The second-order valence-corrected chi connectivity index (χ2v) is 9.34. The van der Waals surface area contributed by atoms with Gasteiger partial charge in [-0.3, -0.25) is 0 Å². The molecule has 2 aliphatic rings. The molecule has 2 aromatic rings. The van der Waals surface area contributed by atoms with Crippen LogP contribution >= 0.6 is 0 Å². The number of fused-ring (bicyclic) bond motifs is 1. The van der Waals surface area contributed by atoms with E-state index in [-0.39, 0.29) is 17.0 Å². The second kappa shape index (κ2) is 9.11. The van der Waals surface area contributed by atoms with Gasteiger partial charge in [0.15, 0.2) is 11.6 Å². The fourth-order valence-corrected chi connectivity index (χ4v) is 5.80. The molecule has 30 heavy (non-hydrogen) atoms. The van der Waals surface area contributed by atoms with Crippen molar-refractivity contribution in [2.45, 2.75) is 70.6 Å². The molecule has 0 aromatic heterocycles. The molecule has 0 amide bonds. The van der Waals surface area contributed by atoms with Crippen LogP contribution < -0.4 is 0 Å². The molecule has 0 heterocycles. The van der Waals surface area contributed by atoms with Crippen LogP contribution in [0.25, 0.3) is 11.1 Å². The molecule has 4 heteroatoms. The monoisotopic (exact) mass is 418 g/mol. The Morgan fingerprint density at radius 2 is 1.47 bits per heavy atom. The maximum atomic E-state index is 14.8. The van der Waals surface area contributed by atoms with Crippen LogP contribution in [0.3, 0.4) is 0 Å². The molecule has 2 aliphatic carbocycles. The highest BCUT2D eigenvalue weighted by molar-refractivity contribution is 5.65. The zero-order valence-electron chi connectivity index (χ0n) is 17.6. The van der Waals surface area contributed by atoms with Gasteiger partial charge in [-0.15, -0.1) is 0 Å². The van der Waals surface area contributed by atoms with Gasteiger partial charge in [-0.1, -0.05) is 38.7 Å². The number of hydrogen-bond donors (Lipinski definition) is 0. The molecule has 2 fully saturated rings. The van der Waals surface area contributed by atoms with E-state index in [2.05, 4.69) is 6.92 Å². The van der Waals surface area contributed by atoms with Gasteiger partial charge < -0.3 is 0 Å². The third-order valence-corrected chi connectivity index (χ3v) is 7.43. The van der Waals surface area contributed by atoms with Gasteiger partial charge in [0, 0.05) is 0 Å². The second-order valence-electron chi connectivity index (χ2n) is 9.34. The van der Waals surface area contributed by atoms with Crippen molar-refractivity contribution in [2.75, 3.05) is 0 Å². The van der Waals surface area contributed by atoms with E-state index < -0.39 is 23.3 Å². The summed E-state index contributed by atoms with van der Waals surface area (Å²) in [4.78, 5) is 0. The molecule has 0 bridgehead atoms. The first kappa shape index (κ1) is 21.4. The van der Waals surface area contributed by atoms with Gasteiger partial charge in [-0.25, -0.2) is 17.6 Å². The molecule has 0 N–H and O–H groups in total. The van der Waals surface area contributed by atoms with Gasteiger partial charge in [-0.05, 0) is 91.2 Å². The largest absolute Gasteiger partial charge is 0.206 e. The number of unbranched alkanes of at least 4 members (excludes halogenated alkanes) is 1. The van der Waals surface area contributed by atoms with E-state index in [4.69, 9.17) is 0 Å². The minimum atomic E-state index is -1.11. The van der Waals surface area contributed by atoms with E-state index in [0.29, 0.717) is 11.5 Å². The molecular weight excluding hydrogens is 388 g/mol. The molecule has 0 radical (unpaired) electrons. The lowest BCUT2D eigenvalue weighted by Gasteiger charge is -2.42. The smallest absolute Gasteiger partial charge is 0.159 e. The van der Waals surface area contributed by atoms with E-state index in [1.165, 1.54) is 56.7 Å². The molecule has 2 saturated carbocycles. The van der Waals surface area contributed by atoms with Gasteiger partial charge >= 0.3 is 0 Å². The van der Waals surface area contributed by atoms with Gasteiger partial charge in [0.2, 0.25) is 0 Å². The highest BCUT2D eigenvalue weighted by Crippen LogP contribution is 2.48. The van der Waals surface area contributed by atoms with Crippen LogP contribution in [-0.4, -0.2) is 0 Å². The number of rotatable bonds is 5. The highest BCUT2D eigenvalue weighted by Gasteiger charge is 2.36. The predicted octanol–water partition coefficient (Wildman–Crippen LogP) is 8.40. The average molecular weight is 419 g/mol. The third kappa shape index (κ3) is 4.43. The summed E-state index contributed by atoms with van der Waals surface area (Å²) in [6.45, 7) is 2.24.